The number of hydrogen-bond acceptors (Lipinski definition) is 9. The van der Waals surface area contributed by atoms with Crippen molar-refractivity contribution in [3.63, 3.8) is 0 Å². The molecule has 1 aromatic heterocycles. The number of rotatable bonds is 13. The lowest BCUT2D eigenvalue weighted by molar-refractivity contribution is -0.0917. The third kappa shape index (κ3) is 7.41. The Bertz CT molecular complexity index is 1870. The molecule has 4 aromatic carbocycles. The Morgan fingerprint density at radius 2 is 1.39 bits per heavy atom. The maximum absolute atomic E-state index is 13.3. The van der Waals surface area contributed by atoms with E-state index in [1.165, 1.54) is 4.57 Å². The first-order chi connectivity index (χ1) is 23.8. The van der Waals surface area contributed by atoms with Crippen molar-refractivity contribution >= 4 is 8.25 Å². The molecule has 0 spiro atoms. The van der Waals surface area contributed by atoms with Crippen LogP contribution in [-0.4, -0.2) is 47.5 Å². The van der Waals surface area contributed by atoms with Crippen LogP contribution in [0.2, 0.25) is 0 Å². The summed E-state index contributed by atoms with van der Waals surface area (Å²) in [5, 5.41) is 0. The smallest absolute Gasteiger partial charge is 0.497 e. The van der Waals surface area contributed by atoms with Crippen LogP contribution in [-0.2, 0) is 24.2 Å². The number of aryl methyl sites for hydroxylation is 1. The maximum atomic E-state index is 13.3. The fourth-order valence-corrected chi connectivity index (χ4v) is 6.44. The van der Waals surface area contributed by atoms with E-state index in [9.17, 15) is 14.3 Å². The molecule has 252 valence electrons. The summed E-state index contributed by atoms with van der Waals surface area (Å²) < 4.78 is 48.8. The summed E-state index contributed by atoms with van der Waals surface area (Å²) in [6.07, 6.45) is -0.889. The van der Waals surface area contributed by atoms with Gasteiger partial charge in [-0.1, -0.05) is 72.8 Å². The fraction of sp³-hybridized carbons (Fsp3) is 0.243. The molecule has 1 N–H and O–H groups in total. The van der Waals surface area contributed by atoms with Crippen molar-refractivity contribution in [1.29, 1.82) is 0 Å². The Kier molecular flexibility index (Phi) is 10.5. The van der Waals surface area contributed by atoms with Gasteiger partial charge in [0.15, 0.2) is 0 Å². The van der Waals surface area contributed by atoms with E-state index < -0.39 is 38.0 Å². The number of para-hydroxylation sites is 1. The van der Waals surface area contributed by atoms with Gasteiger partial charge in [0.05, 0.1) is 20.8 Å². The average Bonchev–Trinajstić information content (AvgIpc) is 3.52. The minimum Gasteiger partial charge on any atom is -0.497 e. The lowest BCUT2D eigenvalue weighted by atomic mass is 9.80. The Hall–Kier alpha value is -4.90. The molecule has 6 rings (SSSR count). The third-order valence-electron chi connectivity index (χ3n) is 8.40. The summed E-state index contributed by atoms with van der Waals surface area (Å²) in [6.45, 7) is 1.70. The van der Waals surface area contributed by atoms with Gasteiger partial charge >= 0.3 is 13.9 Å². The van der Waals surface area contributed by atoms with E-state index in [0.717, 1.165) is 16.7 Å². The highest BCUT2D eigenvalue weighted by Gasteiger charge is 2.46. The highest BCUT2D eigenvalue weighted by atomic mass is 31.1. The maximum Gasteiger partial charge on any atom is 0.695 e. The van der Waals surface area contributed by atoms with E-state index in [0.29, 0.717) is 22.8 Å². The number of nitrogens with zero attached hydrogens (tertiary/aromatic N) is 2. The van der Waals surface area contributed by atoms with E-state index in [2.05, 4.69) is 4.98 Å². The van der Waals surface area contributed by atoms with Crippen LogP contribution in [0.3, 0.4) is 0 Å². The zero-order valence-corrected chi connectivity index (χ0v) is 28.1. The molecule has 11 nitrogen and oxygen atoms in total. The van der Waals surface area contributed by atoms with E-state index in [1.807, 2.05) is 97.1 Å². The van der Waals surface area contributed by atoms with Gasteiger partial charge in [0.1, 0.15) is 41.3 Å². The van der Waals surface area contributed by atoms with Gasteiger partial charge in [-0.3, -0.25) is 4.57 Å². The molecule has 2 heterocycles. The molecule has 0 saturated carbocycles. The number of hydrogen-bond donors (Lipinski definition) is 1. The second-order valence-electron chi connectivity index (χ2n) is 11.4. The van der Waals surface area contributed by atoms with E-state index >= 15 is 0 Å². The Morgan fingerprint density at radius 1 is 0.837 bits per heavy atom. The first kappa shape index (κ1) is 34.0. The number of ether oxygens (including phenoxy) is 5. The summed E-state index contributed by atoms with van der Waals surface area (Å²) >= 11 is 0. The summed E-state index contributed by atoms with van der Waals surface area (Å²) in [5.41, 5.74) is 1.25. The van der Waals surface area contributed by atoms with Crippen LogP contribution in [0.25, 0.3) is 0 Å². The largest absolute Gasteiger partial charge is 0.695 e. The predicted molar refractivity (Wildman–Crippen MR) is 181 cm³/mol. The predicted octanol–water partition coefficient (Wildman–Crippen LogP) is 6.69. The molecule has 0 aliphatic carbocycles. The Labute approximate surface area is 284 Å². The van der Waals surface area contributed by atoms with Gasteiger partial charge in [0.25, 0.3) is 0 Å². The van der Waals surface area contributed by atoms with Gasteiger partial charge in [-0.25, -0.2) is 4.79 Å². The molecular weight excluding hydrogens is 647 g/mol. The van der Waals surface area contributed by atoms with Gasteiger partial charge in [0.2, 0.25) is 5.88 Å². The molecule has 1 unspecified atom stereocenters. The number of benzene rings is 4. The Morgan fingerprint density at radius 3 is 1.94 bits per heavy atom. The number of aromatic nitrogens is 2. The molecule has 0 bridgehead atoms. The molecule has 1 aliphatic heterocycles. The zero-order chi connectivity index (χ0) is 34.4. The molecule has 12 heteroatoms. The van der Waals surface area contributed by atoms with Crippen LogP contribution in [0, 0.1) is 6.92 Å². The van der Waals surface area contributed by atoms with E-state index in [1.54, 1.807) is 39.5 Å². The first-order valence-electron chi connectivity index (χ1n) is 15.6. The fourth-order valence-electron chi connectivity index (χ4n) is 5.99. The van der Waals surface area contributed by atoms with Crippen LogP contribution in [0.5, 0.6) is 23.1 Å². The lowest BCUT2D eigenvalue weighted by Crippen LogP contribution is -2.38. The standard InChI is InChI=1S/C37H35N2O9P/c1-25-23-39(36(40)38-35(25)46-31-12-8-5-9-13-31)34-22-32(48-49(41)42)33(47-34)24-45-37(26-10-6-4-7-11-26,27-14-18-29(43-2)19-15-27)28-16-20-30(44-3)21-17-28/h4-21,23,32-34H,22,24H2,1-3H3/p+1/t32-,33+,34+/m0/s1. The highest BCUT2D eigenvalue weighted by molar-refractivity contribution is 7.32. The average molecular weight is 684 g/mol. The topological polar surface area (TPSA) is 128 Å². The quantitative estimate of drug-likeness (QED) is 0.106. The minimum atomic E-state index is -2.99. The molecule has 0 radical (unpaired) electrons. The van der Waals surface area contributed by atoms with Crippen molar-refractivity contribution in [3.05, 3.63) is 148 Å². The van der Waals surface area contributed by atoms with Crippen molar-refractivity contribution in [3.8, 4) is 23.1 Å². The normalized spacial score (nSPS) is 17.8. The molecular formula is C37H36N2O9P+. The van der Waals surface area contributed by atoms with Gasteiger partial charge in [-0.05, 0) is 60.0 Å². The van der Waals surface area contributed by atoms with Crippen molar-refractivity contribution in [2.75, 3.05) is 20.8 Å². The van der Waals surface area contributed by atoms with Crippen LogP contribution in [0.4, 0.5) is 0 Å². The van der Waals surface area contributed by atoms with E-state index in [-0.39, 0.29) is 18.9 Å². The molecule has 1 aliphatic rings. The van der Waals surface area contributed by atoms with Crippen molar-refractivity contribution in [1.82, 2.24) is 9.55 Å². The van der Waals surface area contributed by atoms with Gasteiger partial charge in [-0.2, -0.15) is 4.98 Å². The third-order valence-corrected chi connectivity index (χ3v) is 8.85. The molecule has 49 heavy (non-hydrogen) atoms. The second kappa shape index (κ2) is 15.1. The second-order valence-corrected chi connectivity index (χ2v) is 12.1. The van der Waals surface area contributed by atoms with Crippen molar-refractivity contribution < 1.29 is 37.7 Å². The summed E-state index contributed by atoms with van der Waals surface area (Å²) in [7, 11) is 0.214. The molecule has 1 fully saturated rings. The first-order valence-corrected chi connectivity index (χ1v) is 16.7. The molecule has 4 atom stereocenters. The van der Waals surface area contributed by atoms with Crippen LogP contribution >= 0.6 is 8.25 Å². The van der Waals surface area contributed by atoms with Gasteiger partial charge < -0.3 is 23.7 Å². The zero-order valence-electron chi connectivity index (χ0n) is 27.2. The molecule has 1 saturated heterocycles. The van der Waals surface area contributed by atoms with Crippen LogP contribution in [0.15, 0.2) is 120 Å². The highest BCUT2D eigenvalue weighted by Crippen LogP contribution is 2.43. The van der Waals surface area contributed by atoms with Crippen molar-refractivity contribution in [2.45, 2.75) is 37.4 Å². The van der Waals surface area contributed by atoms with Gasteiger partial charge in [-0.15, -0.1) is 9.42 Å². The summed E-state index contributed by atoms with van der Waals surface area (Å²) in [5.74, 6) is 2.07. The summed E-state index contributed by atoms with van der Waals surface area (Å²) in [4.78, 5) is 27.2. The molecule has 5 aromatic rings. The van der Waals surface area contributed by atoms with E-state index in [4.69, 9.17) is 28.2 Å². The van der Waals surface area contributed by atoms with Crippen LogP contribution in [0.1, 0.15) is 34.9 Å². The lowest BCUT2D eigenvalue weighted by Gasteiger charge is -2.37. The minimum absolute atomic E-state index is 0.0757. The number of methoxy groups -OCH3 is 2. The SMILES string of the molecule is COc1ccc(C(OC[C@H]2O[C@@H](n3cc(C)c(Oc4ccccc4)nc3=O)C[C@@H]2O[P+](=O)O)(c2ccccc2)c2ccc(OC)cc2)cc1. The summed E-state index contributed by atoms with van der Waals surface area (Å²) in [6, 6.07) is 33.9. The Balaban J connectivity index is 1.35. The van der Waals surface area contributed by atoms with Crippen molar-refractivity contribution in [2.24, 2.45) is 0 Å². The monoisotopic (exact) mass is 683 g/mol. The van der Waals surface area contributed by atoms with Crippen LogP contribution < -0.4 is 19.9 Å². The van der Waals surface area contributed by atoms with Gasteiger partial charge in [0, 0.05) is 22.7 Å². The molecule has 0 amide bonds.